The SMILES string of the molecule is CCOC(=O)CCn1cc(-c2cccc(CO)c2)cn1. The van der Waals surface area contributed by atoms with E-state index in [-0.39, 0.29) is 12.6 Å². The average Bonchev–Trinajstić information content (AvgIpc) is 2.94. The molecule has 106 valence electrons. The largest absolute Gasteiger partial charge is 0.466 e. The molecule has 0 fully saturated rings. The highest BCUT2D eigenvalue weighted by molar-refractivity contribution is 5.69. The molecule has 0 radical (unpaired) electrons. The van der Waals surface area contributed by atoms with Crippen molar-refractivity contribution >= 4 is 5.97 Å². The molecule has 0 aliphatic heterocycles. The summed E-state index contributed by atoms with van der Waals surface area (Å²) < 4.78 is 6.60. The van der Waals surface area contributed by atoms with Gasteiger partial charge in [-0.1, -0.05) is 18.2 Å². The normalized spacial score (nSPS) is 10.5. The third-order valence-corrected chi connectivity index (χ3v) is 2.93. The number of ether oxygens (including phenoxy) is 1. The summed E-state index contributed by atoms with van der Waals surface area (Å²) in [7, 11) is 0. The number of carbonyl (C=O) groups is 1. The highest BCUT2D eigenvalue weighted by atomic mass is 16.5. The molecule has 0 saturated carbocycles. The Kier molecular flexibility index (Phi) is 4.90. The summed E-state index contributed by atoms with van der Waals surface area (Å²) in [6.45, 7) is 2.71. The highest BCUT2D eigenvalue weighted by Crippen LogP contribution is 2.19. The quantitative estimate of drug-likeness (QED) is 0.818. The van der Waals surface area contributed by atoms with E-state index in [4.69, 9.17) is 9.84 Å². The van der Waals surface area contributed by atoms with Gasteiger partial charge in [0.25, 0.3) is 0 Å². The zero-order chi connectivity index (χ0) is 14.4. The van der Waals surface area contributed by atoms with E-state index in [2.05, 4.69) is 5.10 Å². The topological polar surface area (TPSA) is 64.3 Å². The van der Waals surface area contributed by atoms with Crippen LogP contribution in [0.1, 0.15) is 18.9 Å². The van der Waals surface area contributed by atoms with Crippen LogP contribution in [0.2, 0.25) is 0 Å². The molecule has 20 heavy (non-hydrogen) atoms. The maximum Gasteiger partial charge on any atom is 0.307 e. The van der Waals surface area contributed by atoms with E-state index in [1.807, 2.05) is 30.5 Å². The van der Waals surface area contributed by atoms with Crippen molar-refractivity contribution in [1.82, 2.24) is 9.78 Å². The number of aliphatic hydroxyl groups excluding tert-OH is 1. The fourth-order valence-electron chi connectivity index (χ4n) is 1.92. The molecule has 0 saturated heterocycles. The Labute approximate surface area is 117 Å². The number of carbonyl (C=O) groups excluding carboxylic acids is 1. The van der Waals surface area contributed by atoms with Crippen LogP contribution in [0.15, 0.2) is 36.7 Å². The molecule has 0 unspecified atom stereocenters. The number of aliphatic hydroxyl groups is 1. The predicted molar refractivity (Wildman–Crippen MR) is 74.8 cm³/mol. The van der Waals surface area contributed by atoms with E-state index < -0.39 is 0 Å². The average molecular weight is 274 g/mol. The third-order valence-electron chi connectivity index (χ3n) is 2.93. The minimum absolute atomic E-state index is 0.0187. The van der Waals surface area contributed by atoms with Crippen molar-refractivity contribution in [2.75, 3.05) is 6.61 Å². The van der Waals surface area contributed by atoms with Gasteiger partial charge in [0.15, 0.2) is 0 Å². The Morgan fingerprint density at radius 3 is 3.00 bits per heavy atom. The van der Waals surface area contributed by atoms with E-state index in [1.165, 1.54) is 0 Å². The zero-order valence-corrected chi connectivity index (χ0v) is 11.5. The maximum atomic E-state index is 11.3. The first-order chi connectivity index (χ1) is 9.72. The van der Waals surface area contributed by atoms with E-state index in [9.17, 15) is 4.79 Å². The second kappa shape index (κ2) is 6.86. The van der Waals surface area contributed by atoms with Gasteiger partial charge in [-0.3, -0.25) is 9.48 Å². The summed E-state index contributed by atoms with van der Waals surface area (Å²) in [5.74, 6) is -0.216. The van der Waals surface area contributed by atoms with Crippen molar-refractivity contribution in [2.45, 2.75) is 26.5 Å². The van der Waals surface area contributed by atoms with Crippen molar-refractivity contribution in [3.63, 3.8) is 0 Å². The standard InChI is InChI=1S/C15H18N2O3/c1-2-20-15(19)6-7-17-10-14(9-16-17)13-5-3-4-12(8-13)11-18/h3-5,8-10,18H,2,6-7,11H2,1H3. The molecule has 0 aliphatic carbocycles. The molecule has 5 nitrogen and oxygen atoms in total. The molecular formula is C15H18N2O3. The number of aryl methyl sites for hydroxylation is 1. The van der Waals surface area contributed by atoms with E-state index >= 15 is 0 Å². The first-order valence-corrected chi connectivity index (χ1v) is 6.61. The Balaban J connectivity index is 2.03. The first kappa shape index (κ1) is 14.3. The van der Waals surface area contributed by atoms with Crippen molar-refractivity contribution in [1.29, 1.82) is 0 Å². The number of nitrogens with zero attached hydrogens (tertiary/aromatic N) is 2. The van der Waals surface area contributed by atoms with Gasteiger partial charge in [-0.2, -0.15) is 5.10 Å². The molecular weight excluding hydrogens is 256 g/mol. The Hall–Kier alpha value is -2.14. The Bertz CT molecular complexity index is 578. The number of rotatable bonds is 6. The van der Waals surface area contributed by atoms with Crippen LogP contribution < -0.4 is 0 Å². The molecule has 5 heteroatoms. The van der Waals surface area contributed by atoms with Gasteiger partial charge in [0, 0.05) is 11.8 Å². The van der Waals surface area contributed by atoms with Crippen LogP contribution in [-0.2, 0) is 22.7 Å². The molecule has 0 spiro atoms. The summed E-state index contributed by atoms with van der Waals surface area (Å²) >= 11 is 0. The van der Waals surface area contributed by atoms with Crippen LogP contribution in [0, 0.1) is 0 Å². The number of esters is 1. The lowest BCUT2D eigenvalue weighted by Gasteiger charge is -2.02. The molecule has 2 aromatic rings. The minimum Gasteiger partial charge on any atom is -0.466 e. The smallest absolute Gasteiger partial charge is 0.307 e. The van der Waals surface area contributed by atoms with Gasteiger partial charge in [-0.15, -0.1) is 0 Å². The zero-order valence-electron chi connectivity index (χ0n) is 11.5. The molecule has 1 aromatic heterocycles. The fraction of sp³-hybridized carbons (Fsp3) is 0.333. The molecule has 0 bridgehead atoms. The minimum atomic E-state index is -0.216. The monoisotopic (exact) mass is 274 g/mol. The lowest BCUT2D eigenvalue weighted by atomic mass is 10.1. The lowest BCUT2D eigenvalue weighted by Crippen LogP contribution is -2.09. The second-order valence-corrected chi connectivity index (χ2v) is 4.41. The van der Waals surface area contributed by atoms with Crippen LogP contribution in [-0.4, -0.2) is 27.5 Å². The molecule has 1 N–H and O–H groups in total. The molecule has 0 atom stereocenters. The van der Waals surface area contributed by atoms with Crippen molar-refractivity contribution < 1.29 is 14.6 Å². The summed E-state index contributed by atoms with van der Waals surface area (Å²) in [6, 6.07) is 7.66. The van der Waals surface area contributed by atoms with Gasteiger partial charge in [0.2, 0.25) is 0 Å². The molecule has 2 rings (SSSR count). The van der Waals surface area contributed by atoms with E-state index in [1.54, 1.807) is 17.8 Å². The van der Waals surface area contributed by atoms with Crippen LogP contribution in [0.5, 0.6) is 0 Å². The van der Waals surface area contributed by atoms with Crippen molar-refractivity contribution in [2.24, 2.45) is 0 Å². The van der Waals surface area contributed by atoms with Gasteiger partial charge >= 0.3 is 5.97 Å². The van der Waals surface area contributed by atoms with Gasteiger partial charge in [0.05, 0.1) is 32.4 Å². The molecule has 1 heterocycles. The van der Waals surface area contributed by atoms with E-state index in [0.717, 1.165) is 16.7 Å². The van der Waals surface area contributed by atoms with Crippen molar-refractivity contribution in [3.05, 3.63) is 42.2 Å². The number of benzene rings is 1. The lowest BCUT2D eigenvalue weighted by molar-refractivity contribution is -0.143. The van der Waals surface area contributed by atoms with Crippen LogP contribution in [0.3, 0.4) is 0 Å². The van der Waals surface area contributed by atoms with Gasteiger partial charge in [-0.25, -0.2) is 0 Å². The summed E-state index contributed by atoms with van der Waals surface area (Å²) in [5.41, 5.74) is 2.82. The molecule has 1 aromatic carbocycles. The number of hydrogen-bond acceptors (Lipinski definition) is 4. The molecule has 0 amide bonds. The maximum absolute atomic E-state index is 11.3. The molecule has 0 aliphatic rings. The summed E-state index contributed by atoms with van der Waals surface area (Å²) in [4.78, 5) is 11.3. The Morgan fingerprint density at radius 2 is 2.25 bits per heavy atom. The number of hydrogen-bond donors (Lipinski definition) is 1. The fourth-order valence-corrected chi connectivity index (χ4v) is 1.92. The number of aromatic nitrogens is 2. The Morgan fingerprint density at radius 1 is 1.40 bits per heavy atom. The second-order valence-electron chi connectivity index (χ2n) is 4.41. The third kappa shape index (κ3) is 3.68. The van der Waals surface area contributed by atoms with Gasteiger partial charge in [-0.05, 0) is 24.1 Å². The predicted octanol–water partition coefficient (Wildman–Crippen LogP) is 2.00. The highest BCUT2D eigenvalue weighted by Gasteiger charge is 2.05. The van der Waals surface area contributed by atoms with Crippen LogP contribution in [0.4, 0.5) is 0 Å². The van der Waals surface area contributed by atoms with Gasteiger partial charge < -0.3 is 9.84 Å². The summed E-state index contributed by atoms with van der Waals surface area (Å²) in [5, 5.41) is 13.4. The summed E-state index contributed by atoms with van der Waals surface area (Å²) in [6.07, 6.45) is 3.95. The van der Waals surface area contributed by atoms with Crippen LogP contribution >= 0.6 is 0 Å². The van der Waals surface area contributed by atoms with E-state index in [0.29, 0.717) is 19.6 Å². The van der Waals surface area contributed by atoms with Crippen LogP contribution in [0.25, 0.3) is 11.1 Å². The van der Waals surface area contributed by atoms with Crippen molar-refractivity contribution in [3.8, 4) is 11.1 Å². The van der Waals surface area contributed by atoms with Gasteiger partial charge in [0.1, 0.15) is 0 Å². The first-order valence-electron chi connectivity index (χ1n) is 6.61.